The summed E-state index contributed by atoms with van der Waals surface area (Å²) in [5.41, 5.74) is 2.99. The number of phenols is 1. The number of aromatic hydroxyl groups is 1. The van der Waals surface area contributed by atoms with Crippen LogP contribution in [0.3, 0.4) is 0 Å². The molecule has 0 spiro atoms. The number of nitrogens with one attached hydrogen (secondary N) is 1. The molecule has 1 saturated heterocycles. The number of esters is 4. The molecule has 3 heterocycles. The molecule has 3 aromatic carbocycles. The number of carbonyl (C=O) groups is 7. The van der Waals surface area contributed by atoms with Crippen molar-refractivity contribution < 1.29 is 86.0 Å². The van der Waals surface area contributed by atoms with Crippen molar-refractivity contribution in [3.8, 4) is 23.0 Å². The number of ether oxygens (including phenoxy) is 10. The van der Waals surface area contributed by atoms with Gasteiger partial charge in [0.1, 0.15) is 42.4 Å². The van der Waals surface area contributed by atoms with E-state index >= 15 is 0 Å². The zero-order chi connectivity index (χ0) is 51.7. The van der Waals surface area contributed by atoms with Crippen molar-refractivity contribution in [2.24, 2.45) is 0 Å². The van der Waals surface area contributed by atoms with Gasteiger partial charge in [0, 0.05) is 66.2 Å². The molecule has 0 aliphatic carbocycles. The van der Waals surface area contributed by atoms with E-state index in [0.717, 1.165) is 51.1 Å². The predicted molar refractivity (Wildman–Crippen MR) is 253 cm³/mol. The van der Waals surface area contributed by atoms with Gasteiger partial charge in [-0.25, -0.2) is 9.59 Å². The highest BCUT2D eigenvalue weighted by Gasteiger charge is 2.56. The number of rotatable bonds is 19. The number of alkyl carbamates (subject to hydrolysis) is 1. The number of benzene rings is 3. The molecular formula is C49H59N3O18Si. The maximum atomic E-state index is 14.5. The normalized spacial score (nSPS) is 20.6. The summed E-state index contributed by atoms with van der Waals surface area (Å²) in [4.78, 5) is 93.9. The molecular weight excluding hydrogens is 947 g/mol. The second-order valence-corrected chi connectivity index (χ2v) is 23.6. The molecule has 0 saturated carbocycles. The largest absolute Gasteiger partial charge is 0.507 e. The summed E-state index contributed by atoms with van der Waals surface area (Å²) in [5.74, 6) is -3.77. The van der Waals surface area contributed by atoms with Crippen molar-refractivity contribution in [2.45, 2.75) is 103 Å². The fraction of sp³-hybridized carbons (Fsp3) is 0.449. The summed E-state index contributed by atoms with van der Waals surface area (Å²) in [6.07, 6.45) is -6.80. The van der Waals surface area contributed by atoms with E-state index in [-0.39, 0.29) is 54.8 Å². The monoisotopic (exact) mass is 1010 g/mol. The van der Waals surface area contributed by atoms with E-state index in [2.05, 4.69) is 25.0 Å². The third kappa shape index (κ3) is 13.2. The standard InChI is InChI=1S/C49H59N3O18Si/c1-27(53)66-41-42(67-28(2)54)44(68-29(3)55)48(70-43(41)47(59)63-6)69-35-15-12-32(39(56)22-35)25-65-49(60)50-17-16-31-20-37-36(23-40(31)62-5)45(57)51-24-33(30-10-13-34(61-4)14-11-30)21-38(51)46(58)52(37)26-64-18-19-71(7,8)9/h10-15,20,22-24,38,41-44,48,56H,16-19,21,25-26H2,1-9H3,(H,50,60)/t38?,41-,42-,43-,44+,48+/m0/s1. The van der Waals surface area contributed by atoms with Crippen LogP contribution in [-0.2, 0) is 70.2 Å². The smallest absolute Gasteiger partial charge is 0.407 e. The van der Waals surface area contributed by atoms with Gasteiger partial charge in [-0.3, -0.25) is 28.9 Å². The number of methoxy groups -OCH3 is 3. The molecule has 3 aliphatic heterocycles. The third-order valence-electron chi connectivity index (χ3n) is 11.6. The molecule has 1 unspecified atom stereocenters. The molecule has 3 aromatic rings. The van der Waals surface area contributed by atoms with E-state index in [9.17, 15) is 38.7 Å². The summed E-state index contributed by atoms with van der Waals surface area (Å²) < 4.78 is 55.0. The second kappa shape index (κ2) is 23.2. The third-order valence-corrected chi connectivity index (χ3v) is 13.3. The van der Waals surface area contributed by atoms with Crippen LogP contribution in [0.15, 0.2) is 60.8 Å². The van der Waals surface area contributed by atoms with E-state index in [1.54, 1.807) is 25.4 Å². The Kier molecular flexibility index (Phi) is 17.3. The van der Waals surface area contributed by atoms with Crippen LogP contribution in [0.1, 0.15) is 54.2 Å². The molecule has 6 rings (SSSR count). The maximum absolute atomic E-state index is 14.5. The number of fused-ring (bicyclic) bond motifs is 2. The lowest BCUT2D eigenvalue weighted by molar-refractivity contribution is -0.282. The van der Waals surface area contributed by atoms with Crippen LogP contribution in [0, 0.1) is 0 Å². The van der Waals surface area contributed by atoms with Gasteiger partial charge in [-0.05, 0) is 65.6 Å². The number of carbonyl (C=O) groups excluding carboxylic acids is 7. The second-order valence-electron chi connectivity index (χ2n) is 17.9. The summed E-state index contributed by atoms with van der Waals surface area (Å²) in [5, 5.41) is 13.6. The minimum absolute atomic E-state index is 0.0359. The van der Waals surface area contributed by atoms with Crippen molar-refractivity contribution in [1.82, 2.24) is 10.2 Å². The Hall–Kier alpha value is -7.17. The van der Waals surface area contributed by atoms with Gasteiger partial charge in [0.15, 0.2) is 18.3 Å². The van der Waals surface area contributed by atoms with E-state index in [0.29, 0.717) is 29.4 Å². The first-order valence-electron chi connectivity index (χ1n) is 22.6. The minimum atomic E-state index is -1.70. The molecule has 6 atom stereocenters. The van der Waals surface area contributed by atoms with E-state index in [1.807, 2.05) is 24.3 Å². The lowest BCUT2D eigenvalue weighted by Crippen LogP contribution is -2.64. The summed E-state index contributed by atoms with van der Waals surface area (Å²) in [7, 11) is 2.61. The Morgan fingerprint density at radius 3 is 2.10 bits per heavy atom. The molecule has 0 bridgehead atoms. The van der Waals surface area contributed by atoms with Crippen molar-refractivity contribution in [3.63, 3.8) is 0 Å². The fourth-order valence-electron chi connectivity index (χ4n) is 8.06. The summed E-state index contributed by atoms with van der Waals surface area (Å²) in [6, 6.07) is 14.6. The molecule has 22 heteroatoms. The fourth-order valence-corrected chi connectivity index (χ4v) is 8.82. The van der Waals surface area contributed by atoms with E-state index in [1.165, 1.54) is 29.0 Å². The highest BCUT2D eigenvalue weighted by Crippen LogP contribution is 2.40. The summed E-state index contributed by atoms with van der Waals surface area (Å²) in [6.45, 7) is 9.82. The van der Waals surface area contributed by atoms with Crippen LogP contribution in [0.25, 0.3) is 5.57 Å². The van der Waals surface area contributed by atoms with Crippen LogP contribution in [-0.4, -0.2) is 138 Å². The number of hydrogen-bond acceptors (Lipinski definition) is 18. The van der Waals surface area contributed by atoms with Gasteiger partial charge >= 0.3 is 30.0 Å². The van der Waals surface area contributed by atoms with Crippen molar-refractivity contribution in [2.75, 3.05) is 46.1 Å². The molecule has 1 fully saturated rings. The first-order valence-corrected chi connectivity index (χ1v) is 26.3. The molecule has 0 aromatic heterocycles. The Bertz CT molecular complexity index is 2530. The molecule has 3 aliphatic rings. The van der Waals surface area contributed by atoms with Gasteiger partial charge in [-0.2, -0.15) is 0 Å². The van der Waals surface area contributed by atoms with Crippen LogP contribution in [0.2, 0.25) is 25.7 Å². The predicted octanol–water partition coefficient (Wildman–Crippen LogP) is 4.86. The van der Waals surface area contributed by atoms with Crippen LogP contribution < -0.4 is 24.4 Å². The number of anilines is 1. The Morgan fingerprint density at radius 2 is 1.48 bits per heavy atom. The average Bonchev–Trinajstić information content (AvgIpc) is 3.75. The highest BCUT2D eigenvalue weighted by atomic mass is 28.3. The Morgan fingerprint density at radius 1 is 0.817 bits per heavy atom. The Balaban J connectivity index is 1.14. The Labute approximate surface area is 411 Å². The SMILES string of the molecule is COC(=O)[C@H]1O[C@@H](Oc2ccc(COC(=O)NCCc3cc4c(cc3OC)C(=O)N3C=C(c5ccc(OC)cc5)CC3C(=O)N4COCC[Si](C)(C)C)c(O)c2)[C@H](OC(C)=O)[C@@H](OC(C)=O)[C@@H]1OC(C)=O. The highest BCUT2D eigenvalue weighted by molar-refractivity contribution is 6.76. The lowest BCUT2D eigenvalue weighted by atomic mass is 9.97. The maximum Gasteiger partial charge on any atom is 0.407 e. The van der Waals surface area contributed by atoms with E-state index in [4.69, 9.17) is 47.4 Å². The van der Waals surface area contributed by atoms with Gasteiger partial charge < -0.3 is 62.7 Å². The lowest BCUT2D eigenvalue weighted by Gasteiger charge is -2.43. The summed E-state index contributed by atoms with van der Waals surface area (Å²) >= 11 is 0. The van der Waals surface area contributed by atoms with Crippen molar-refractivity contribution >= 4 is 61.1 Å². The van der Waals surface area contributed by atoms with Gasteiger partial charge in [-0.15, -0.1) is 0 Å². The molecule has 71 heavy (non-hydrogen) atoms. The van der Waals surface area contributed by atoms with Crippen LogP contribution in [0.5, 0.6) is 23.0 Å². The zero-order valence-electron chi connectivity index (χ0n) is 41.0. The number of phenolic OH excluding ortho intramolecular Hbond substituents is 1. The zero-order valence-corrected chi connectivity index (χ0v) is 42.0. The van der Waals surface area contributed by atoms with Gasteiger partial charge in [0.05, 0.1) is 32.6 Å². The minimum Gasteiger partial charge on any atom is -0.507 e. The molecule has 3 amide bonds. The van der Waals surface area contributed by atoms with Gasteiger partial charge in [0.25, 0.3) is 11.8 Å². The molecule has 2 N–H and O–H groups in total. The average molecular weight is 1010 g/mol. The van der Waals surface area contributed by atoms with Gasteiger partial charge in [0.2, 0.25) is 12.4 Å². The first-order chi connectivity index (χ1) is 33.7. The quantitative estimate of drug-likeness (QED) is 0.0704. The van der Waals surface area contributed by atoms with Gasteiger partial charge in [-0.1, -0.05) is 31.8 Å². The molecule has 382 valence electrons. The number of amides is 3. The van der Waals surface area contributed by atoms with Crippen LogP contribution in [0.4, 0.5) is 10.5 Å². The topological polar surface area (TPSA) is 251 Å². The van der Waals surface area contributed by atoms with Crippen molar-refractivity contribution in [1.29, 1.82) is 0 Å². The first kappa shape index (κ1) is 53.2. The number of hydrogen-bond donors (Lipinski definition) is 2. The van der Waals surface area contributed by atoms with E-state index < -0.39 is 87.1 Å². The molecule has 21 nitrogen and oxygen atoms in total. The number of nitrogens with zero attached hydrogens (tertiary/aromatic N) is 2. The molecule has 0 radical (unpaired) electrons. The van der Waals surface area contributed by atoms with Crippen LogP contribution >= 0.6 is 0 Å². The van der Waals surface area contributed by atoms with Crippen molar-refractivity contribution in [3.05, 3.63) is 83.1 Å².